The number of hydrogen-bond acceptors (Lipinski definition) is 4. The van der Waals surface area contributed by atoms with Gasteiger partial charge < -0.3 is 19.3 Å². The van der Waals surface area contributed by atoms with Crippen molar-refractivity contribution in [1.82, 2.24) is 0 Å². The molecule has 0 amide bonds. The standard InChI is InChI=1S/C13H24O4/c14-9-11-8-12(11)10-15-5-3-7-17-13-4-1-2-6-16-13/h11-14H,1-10H2/t11-,12-,13?/m1/s1. The summed E-state index contributed by atoms with van der Waals surface area (Å²) in [6.07, 6.45) is 5.48. The Hall–Kier alpha value is -0.160. The third kappa shape index (κ3) is 4.92. The molecule has 1 unspecified atom stereocenters. The molecule has 1 saturated heterocycles. The maximum absolute atomic E-state index is 8.87. The highest BCUT2D eigenvalue weighted by molar-refractivity contribution is 4.85. The minimum absolute atomic E-state index is 0.0194. The van der Waals surface area contributed by atoms with Crippen LogP contribution < -0.4 is 0 Å². The first-order valence-corrected chi connectivity index (χ1v) is 6.82. The fourth-order valence-corrected chi connectivity index (χ4v) is 2.19. The van der Waals surface area contributed by atoms with Crippen molar-refractivity contribution in [3.63, 3.8) is 0 Å². The van der Waals surface area contributed by atoms with E-state index >= 15 is 0 Å². The van der Waals surface area contributed by atoms with E-state index in [-0.39, 0.29) is 6.29 Å². The monoisotopic (exact) mass is 244 g/mol. The van der Waals surface area contributed by atoms with Crippen LogP contribution in [-0.2, 0) is 14.2 Å². The van der Waals surface area contributed by atoms with Gasteiger partial charge in [-0.15, -0.1) is 0 Å². The van der Waals surface area contributed by atoms with Gasteiger partial charge in [0, 0.05) is 26.4 Å². The summed E-state index contributed by atoms with van der Waals surface area (Å²) in [5.41, 5.74) is 0. The second-order valence-corrected chi connectivity index (χ2v) is 5.03. The molecular formula is C13H24O4. The Morgan fingerprint density at radius 2 is 2.12 bits per heavy atom. The van der Waals surface area contributed by atoms with E-state index in [9.17, 15) is 0 Å². The number of aliphatic hydroxyl groups is 1. The molecule has 1 aliphatic carbocycles. The minimum Gasteiger partial charge on any atom is -0.396 e. The van der Waals surface area contributed by atoms with Gasteiger partial charge in [-0.05, 0) is 43.9 Å². The molecule has 0 aromatic carbocycles. The van der Waals surface area contributed by atoms with Gasteiger partial charge in [-0.25, -0.2) is 0 Å². The summed E-state index contributed by atoms with van der Waals surface area (Å²) < 4.78 is 16.6. The molecule has 1 aliphatic heterocycles. The summed E-state index contributed by atoms with van der Waals surface area (Å²) >= 11 is 0. The highest BCUT2D eigenvalue weighted by Gasteiger charge is 2.36. The van der Waals surface area contributed by atoms with Crippen molar-refractivity contribution < 1.29 is 19.3 Å². The van der Waals surface area contributed by atoms with E-state index in [1.54, 1.807) is 0 Å². The largest absolute Gasteiger partial charge is 0.396 e. The SMILES string of the molecule is OC[C@H]1C[C@@H]1COCCCOC1CCCCO1. The Kier molecular flexibility index (Phi) is 5.71. The average molecular weight is 244 g/mol. The Morgan fingerprint density at radius 1 is 1.18 bits per heavy atom. The first kappa shape index (κ1) is 13.3. The van der Waals surface area contributed by atoms with Gasteiger partial charge in [0.2, 0.25) is 0 Å². The Morgan fingerprint density at radius 3 is 2.82 bits per heavy atom. The Balaban J connectivity index is 1.36. The Bertz CT molecular complexity index is 204. The van der Waals surface area contributed by atoms with E-state index in [4.69, 9.17) is 19.3 Å². The highest BCUT2D eigenvalue weighted by Crippen LogP contribution is 2.37. The first-order valence-electron chi connectivity index (χ1n) is 6.82. The second kappa shape index (κ2) is 7.31. The van der Waals surface area contributed by atoms with E-state index in [0.29, 0.717) is 18.4 Å². The number of rotatable bonds is 8. The van der Waals surface area contributed by atoms with Crippen LogP contribution in [0.5, 0.6) is 0 Å². The van der Waals surface area contributed by atoms with Crippen LogP contribution in [-0.4, -0.2) is 44.4 Å². The molecule has 0 spiro atoms. The molecule has 2 rings (SSSR count). The molecule has 1 saturated carbocycles. The molecule has 4 heteroatoms. The molecular weight excluding hydrogens is 220 g/mol. The van der Waals surface area contributed by atoms with Crippen LogP contribution in [0.1, 0.15) is 32.1 Å². The van der Waals surface area contributed by atoms with E-state index < -0.39 is 0 Å². The molecule has 0 radical (unpaired) electrons. The maximum atomic E-state index is 8.87. The van der Waals surface area contributed by atoms with Crippen molar-refractivity contribution in [3.05, 3.63) is 0 Å². The predicted molar refractivity (Wildman–Crippen MR) is 63.7 cm³/mol. The smallest absolute Gasteiger partial charge is 0.157 e. The van der Waals surface area contributed by atoms with Crippen LogP contribution in [0.15, 0.2) is 0 Å². The Labute approximate surface area is 103 Å². The van der Waals surface area contributed by atoms with Gasteiger partial charge in [-0.3, -0.25) is 0 Å². The van der Waals surface area contributed by atoms with Crippen LogP contribution in [0.2, 0.25) is 0 Å². The molecule has 4 nitrogen and oxygen atoms in total. The van der Waals surface area contributed by atoms with Crippen molar-refractivity contribution in [3.8, 4) is 0 Å². The summed E-state index contributed by atoms with van der Waals surface area (Å²) in [6, 6.07) is 0. The van der Waals surface area contributed by atoms with Gasteiger partial charge in [0.1, 0.15) is 0 Å². The van der Waals surface area contributed by atoms with Gasteiger partial charge in [0.15, 0.2) is 6.29 Å². The predicted octanol–water partition coefficient (Wildman–Crippen LogP) is 1.56. The lowest BCUT2D eigenvalue weighted by molar-refractivity contribution is -0.164. The van der Waals surface area contributed by atoms with Crippen LogP contribution >= 0.6 is 0 Å². The summed E-state index contributed by atoms with van der Waals surface area (Å²) in [7, 11) is 0. The third-order valence-electron chi connectivity index (χ3n) is 3.51. The van der Waals surface area contributed by atoms with E-state index in [1.807, 2.05) is 0 Å². The zero-order valence-corrected chi connectivity index (χ0v) is 10.5. The van der Waals surface area contributed by atoms with E-state index in [2.05, 4.69) is 0 Å². The van der Waals surface area contributed by atoms with E-state index in [0.717, 1.165) is 52.1 Å². The second-order valence-electron chi connectivity index (χ2n) is 5.03. The maximum Gasteiger partial charge on any atom is 0.157 e. The van der Waals surface area contributed by atoms with Gasteiger partial charge >= 0.3 is 0 Å². The van der Waals surface area contributed by atoms with Crippen LogP contribution in [0.25, 0.3) is 0 Å². The van der Waals surface area contributed by atoms with Gasteiger partial charge in [0.25, 0.3) is 0 Å². The van der Waals surface area contributed by atoms with Crippen molar-refractivity contribution in [2.75, 3.05) is 33.0 Å². The highest BCUT2D eigenvalue weighted by atomic mass is 16.7. The summed E-state index contributed by atoms with van der Waals surface area (Å²) in [6.45, 7) is 3.42. The summed E-state index contributed by atoms with van der Waals surface area (Å²) in [5, 5.41) is 8.87. The van der Waals surface area contributed by atoms with Crippen LogP contribution in [0.4, 0.5) is 0 Å². The van der Waals surface area contributed by atoms with Gasteiger partial charge in [-0.1, -0.05) is 0 Å². The molecule has 3 atom stereocenters. The number of aliphatic hydroxyl groups excluding tert-OH is 1. The lowest BCUT2D eigenvalue weighted by Crippen LogP contribution is -2.23. The fourth-order valence-electron chi connectivity index (χ4n) is 2.19. The zero-order valence-electron chi connectivity index (χ0n) is 10.5. The molecule has 100 valence electrons. The van der Waals surface area contributed by atoms with E-state index in [1.165, 1.54) is 6.42 Å². The average Bonchev–Trinajstić information content (AvgIpc) is 3.13. The summed E-state index contributed by atoms with van der Waals surface area (Å²) in [4.78, 5) is 0. The van der Waals surface area contributed by atoms with Crippen LogP contribution in [0.3, 0.4) is 0 Å². The van der Waals surface area contributed by atoms with Crippen molar-refractivity contribution in [1.29, 1.82) is 0 Å². The third-order valence-corrected chi connectivity index (χ3v) is 3.51. The molecule has 1 N–H and O–H groups in total. The molecule has 2 fully saturated rings. The normalized spacial score (nSPS) is 32.6. The lowest BCUT2D eigenvalue weighted by Gasteiger charge is -2.22. The molecule has 1 heterocycles. The number of hydrogen-bond donors (Lipinski definition) is 1. The van der Waals surface area contributed by atoms with Crippen molar-refractivity contribution in [2.24, 2.45) is 11.8 Å². The molecule has 17 heavy (non-hydrogen) atoms. The minimum atomic E-state index is 0.0194. The molecule has 2 aliphatic rings. The van der Waals surface area contributed by atoms with Crippen LogP contribution in [0, 0.1) is 11.8 Å². The zero-order chi connectivity index (χ0) is 11.9. The van der Waals surface area contributed by atoms with Crippen molar-refractivity contribution in [2.45, 2.75) is 38.4 Å². The number of ether oxygens (including phenoxy) is 3. The molecule has 0 bridgehead atoms. The van der Waals surface area contributed by atoms with Crippen molar-refractivity contribution >= 4 is 0 Å². The van der Waals surface area contributed by atoms with Gasteiger partial charge in [-0.2, -0.15) is 0 Å². The first-order chi connectivity index (χ1) is 8.40. The lowest BCUT2D eigenvalue weighted by atomic mass is 10.2. The quantitative estimate of drug-likeness (QED) is 0.658. The molecule has 0 aromatic heterocycles. The van der Waals surface area contributed by atoms with Gasteiger partial charge in [0.05, 0.1) is 6.61 Å². The summed E-state index contributed by atoms with van der Waals surface area (Å²) in [5.74, 6) is 1.10. The fraction of sp³-hybridized carbons (Fsp3) is 1.00. The molecule has 0 aromatic rings. The topological polar surface area (TPSA) is 47.9 Å².